The molecule has 0 saturated carbocycles. The van der Waals surface area contributed by atoms with Gasteiger partial charge in [0, 0.05) is 299 Å². The van der Waals surface area contributed by atoms with Crippen LogP contribution in [0.4, 0.5) is 0 Å². The number of aromatic nitrogens is 5. The van der Waals surface area contributed by atoms with Crippen LogP contribution in [0.5, 0.6) is 0 Å². The van der Waals surface area contributed by atoms with Gasteiger partial charge in [0.25, 0.3) is 0 Å². The quantitative estimate of drug-likeness (QED) is 0.165. The predicted molar refractivity (Wildman–Crippen MR) is 316 cm³/mol. The van der Waals surface area contributed by atoms with E-state index in [4.69, 9.17) is 6.58 Å². The Morgan fingerprint density at radius 2 is 0.853 bits per heavy atom. The van der Waals surface area contributed by atoms with Crippen LogP contribution in [0.25, 0.3) is 0 Å². The topological polar surface area (TPSA) is 64.5 Å². The zero-order valence-corrected chi connectivity index (χ0v) is 78.2. The number of aryl methyl sites for hydroxylation is 5. The SMILES string of the molecule is C.CC.CC.CC.CC.CC.CC.CC1=CC=CC1.Cc1ccccc1.Cc1ccccn1.Cc1cccnc1.Cc1ccncc1.Cc1cncnc1.[CH-]=C(C)C[CH]=[W].[CH3-].[CH3-].[CH3-].[CH3-].[CH3-].[CH3-].[CH3-].[W].[Y].[Y].[Y].[Y].[Y].[Y].[Y]. The Kier molecular flexibility index (Phi) is 301. The number of benzene rings is 1. The first-order valence-corrected chi connectivity index (χ1v) is 23.0. The van der Waals surface area contributed by atoms with Gasteiger partial charge in [-0.2, -0.15) is 0 Å². The van der Waals surface area contributed by atoms with E-state index in [1.165, 1.54) is 54.4 Å². The largest absolute Gasteiger partial charge is 0.358 e. The summed E-state index contributed by atoms with van der Waals surface area (Å²) >= 11 is 1.50. The van der Waals surface area contributed by atoms with Gasteiger partial charge in [0.05, 0.1) is 0 Å². The molecule has 4 aromatic heterocycles. The van der Waals surface area contributed by atoms with Gasteiger partial charge in [-0.1, -0.05) is 162 Å². The van der Waals surface area contributed by atoms with E-state index in [9.17, 15) is 0 Å². The summed E-state index contributed by atoms with van der Waals surface area (Å²) in [6, 6.07) is 24.0. The van der Waals surface area contributed by atoms with E-state index in [-0.39, 0.29) is 309 Å². The second-order valence-electron chi connectivity index (χ2n) is 10.5. The van der Waals surface area contributed by atoms with Crippen molar-refractivity contribution in [2.45, 2.75) is 152 Å². The molecule has 75 heavy (non-hydrogen) atoms. The van der Waals surface area contributed by atoms with Crippen LogP contribution < -0.4 is 0 Å². The van der Waals surface area contributed by atoms with Crippen molar-refractivity contribution in [2.24, 2.45) is 0 Å². The molecule has 1 aliphatic carbocycles. The van der Waals surface area contributed by atoms with Crippen LogP contribution >= 0.6 is 0 Å². The molecule has 6 rings (SSSR count). The molecule has 14 heteroatoms. The van der Waals surface area contributed by atoms with Crippen molar-refractivity contribution in [1.82, 2.24) is 24.9 Å². The Labute approximate surface area is 676 Å². The normalized spacial score (nSPS) is 6.63. The Hall–Kier alpha value is 3.94. The predicted octanol–water partition coefficient (Wildman–Crippen LogP) is 19.9. The summed E-state index contributed by atoms with van der Waals surface area (Å²) in [4.78, 5) is 19.3. The maximum absolute atomic E-state index is 5.30. The van der Waals surface area contributed by atoms with Gasteiger partial charge in [0.1, 0.15) is 6.33 Å². The van der Waals surface area contributed by atoms with E-state index in [1.54, 1.807) is 37.2 Å². The molecule has 5 aromatic rings. The van der Waals surface area contributed by atoms with Crippen LogP contribution in [0.3, 0.4) is 0 Å². The van der Waals surface area contributed by atoms with E-state index in [0.717, 1.165) is 23.3 Å². The summed E-state index contributed by atoms with van der Waals surface area (Å²) in [5.41, 5.74) is 8.44. The number of rotatable bonds is 2. The molecule has 7 radical (unpaired) electrons. The minimum absolute atomic E-state index is 0. The Bertz CT molecular complexity index is 1320. The molecule has 0 spiro atoms. The molecule has 421 valence electrons. The molecule has 0 unspecified atom stereocenters. The minimum Gasteiger partial charge on any atom is -0.358 e. The molecular formula is C61H111N5W2Y7-8. The zero-order valence-electron chi connectivity index (χ0n) is 52.4. The van der Waals surface area contributed by atoms with E-state index in [0.29, 0.717) is 0 Å². The molecule has 5 nitrogen and oxygen atoms in total. The van der Waals surface area contributed by atoms with E-state index in [1.807, 2.05) is 185 Å². The third-order valence-electron chi connectivity index (χ3n) is 5.46. The Morgan fingerprint density at radius 3 is 1.00 bits per heavy atom. The van der Waals surface area contributed by atoms with Crippen LogP contribution in [0.15, 0.2) is 152 Å². The number of allylic oxidation sites excluding steroid dienone is 5. The average molecular weight is 1900 g/mol. The van der Waals surface area contributed by atoms with Gasteiger partial charge < -0.3 is 52.0 Å². The monoisotopic (exact) mass is 1900 g/mol. The van der Waals surface area contributed by atoms with E-state index in [2.05, 4.69) is 73.5 Å². The molecule has 0 saturated heterocycles. The van der Waals surface area contributed by atoms with Gasteiger partial charge in [-0.15, -0.1) is 0 Å². The summed E-state index contributed by atoms with van der Waals surface area (Å²) < 4.78 is 2.12. The van der Waals surface area contributed by atoms with Crippen LogP contribution in [-0.2, 0) is 269 Å². The first-order valence-electron chi connectivity index (χ1n) is 21.3. The second-order valence-corrected chi connectivity index (χ2v) is 11.7. The van der Waals surface area contributed by atoms with Crippen LogP contribution in [0.1, 0.15) is 145 Å². The molecule has 1 aromatic carbocycles. The molecule has 0 N–H and O–H groups in total. The summed E-state index contributed by atoms with van der Waals surface area (Å²) in [6.45, 7) is 43.4. The maximum atomic E-state index is 5.30. The average Bonchev–Trinajstić information content (AvgIpc) is 3.78. The number of hydrogen-bond donors (Lipinski definition) is 0. The summed E-state index contributed by atoms with van der Waals surface area (Å²) in [5.74, 6) is 0. The van der Waals surface area contributed by atoms with Crippen molar-refractivity contribution < 1.29 is 269 Å². The third kappa shape index (κ3) is 154. The second kappa shape index (κ2) is 147. The summed E-state index contributed by atoms with van der Waals surface area (Å²) in [7, 11) is 0. The summed E-state index contributed by atoms with van der Waals surface area (Å²) in [6.07, 6.45) is 22.6. The van der Waals surface area contributed by atoms with Crippen LogP contribution in [-0.4, -0.2) is 29.3 Å². The molecular weight excluding hydrogens is 1790 g/mol. The maximum Gasteiger partial charge on any atom is 0 e. The zero-order chi connectivity index (χ0) is 47.0. The van der Waals surface area contributed by atoms with Crippen molar-refractivity contribution in [2.75, 3.05) is 0 Å². The molecule has 0 amide bonds. The molecule has 0 fully saturated rings. The smallest absolute Gasteiger partial charge is 0 e. The molecule has 0 aliphatic heterocycles. The van der Waals surface area contributed by atoms with Gasteiger partial charge in [-0.3, -0.25) is 15.0 Å². The number of hydrogen-bond acceptors (Lipinski definition) is 5. The van der Waals surface area contributed by atoms with Gasteiger partial charge in [0.2, 0.25) is 0 Å². The Morgan fingerprint density at radius 1 is 0.480 bits per heavy atom. The fraction of sp³-hybridized carbons (Fsp3) is 0.361. The van der Waals surface area contributed by atoms with Gasteiger partial charge in [-0.25, -0.2) is 9.97 Å². The third-order valence-corrected chi connectivity index (χ3v) is 6.06. The first-order chi connectivity index (χ1) is 28.6. The first kappa shape index (κ1) is 153. The van der Waals surface area contributed by atoms with Gasteiger partial charge in [0.15, 0.2) is 0 Å². The standard InChI is InChI=1S/C7H8.3C6H7N.C6H8.C5H6N2.C5H7.6C2H6.CH4.7CH3.2W.7Y/c1-7-5-3-2-4-6-7;1-6-2-4-7-5-3-6;1-6-3-2-4-7-5-6;1-6-4-2-3-5-7-6;1-6-4-2-3-5-6;1-5-2-6-4-7-3-5;1-4-5(2)3;6*1-2;;;;;;;;;;;;;;;;;/h2-6H,1H3;3*2-5H,1H3;2-4H,5H2,1H3;2-4H,1H3;1-2H,4H2,3H3;6*1-2H3;1H4;7*1H3;;;;;;;;;/q;;;;;;-1;;;;;;;;7*-1;;;;;;;;;. The van der Waals surface area contributed by atoms with Crippen LogP contribution in [0, 0.1) is 93.2 Å². The number of nitrogens with zero attached hydrogens (tertiary/aromatic N) is 5. The van der Waals surface area contributed by atoms with Crippen molar-refractivity contribution in [1.29, 1.82) is 0 Å². The molecule has 0 bridgehead atoms. The molecule has 1 aliphatic rings. The number of pyridine rings is 3. The van der Waals surface area contributed by atoms with E-state index >= 15 is 0 Å². The van der Waals surface area contributed by atoms with Crippen LogP contribution in [0.2, 0.25) is 0 Å². The van der Waals surface area contributed by atoms with Crippen molar-refractivity contribution >= 4 is 4.40 Å². The molecule has 4 heterocycles. The van der Waals surface area contributed by atoms with Crippen molar-refractivity contribution in [3.63, 3.8) is 0 Å². The van der Waals surface area contributed by atoms with E-state index < -0.39 is 0 Å². The van der Waals surface area contributed by atoms with Crippen molar-refractivity contribution in [3.05, 3.63) is 238 Å². The summed E-state index contributed by atoms with van der Waals surface area (Å²) in [5, 5.41) is 0. The van der Waals surface area contributed by atoms with Gasteiger partial charge >= 0.3 is 49.3 Å². The molecule has 0 atom stereocenters. The van der Waals surface area contributed by atoms with Crippen molar-refractivity contribution in [3.8, 4) is 0 Å². The fourth-order valence-corrected chi connectivity index (χ4v) is 3.86. The minimum atomic E-state index is 0. The van der Waals surface area contributed by atoms with Gasteiger partial charge in [-0.05, 0) is 95.0 Å². The Balaban J connectivity index is -0.0000000187. The fourth-order valence-electron chi connectivity index (χ4n) is 2.92.